The Morgan fingerprint density at radius 2 is 2.23 bits per heavy atom. The van der Waals surface area contributed by atoms with E-state index < -0.39 is 0 Å². The summed E-state index contributed by atoms with van der Waals surface area (Å²) in [4.78, 5) is 11.5. The van der Waals surface area contributed by atoms with Gasteiger partial charge >= 0.3 is 5.76 Å². The lowest BCUT2D eigenvalue weighted by molar-refractivity contribution is 0.527. The number of rotatable bonds is 5. The topological polar surface area (TPSA) is 75.8 Å². The van der Waals surface area contributed by atoms with Crippen LogP contribution in [0.3, 0.4) is 0 Å². The van der Waals surface area contributed by atoms with Crippen LogP contribution in [-0.4, -0.2) is 14.8 Å². The Morgan fingerprint density at radius 3 is 3.00 bits per heavy atom. The quantitative estimate of drug-likeness (QED) is 0.756. The average molecular weight is 321 g/mol. The molecule has 0 aliphatic carbocycles. The van der Waals surface area contributed by atoms with Gasteiger partial charge in [-0.3, -0.25) is 9.67 Å². The minimum absolute atomic E-state index is 0.349. The highest BCUT2D eigenvalue weighted by Crippen LogP contribution is 2.18. The van der Waals surface area contributed by atoms with Crippen LogP contribution in [-0.2, 0) is 26.6 Å². The molecule has 0 spiro atoms. The molecule has 0 atom stereocenters. The summed E-state index contributed by atoms with van der Waals surface area (Å²) >= 11 is 6.07. The standard InChI is InChI=1S/C15H17ClN4O2/c1-3-11-10(14(16)19-18-11)8-17-7-9-4-5-12-13(6-9)22-15(21)20(12)2/h4-6,17H,3,7-8H2,1-2H3,(H,18,19). The van der Waals surface area contributed by atoms with Crippen molar-refractivity contribution in [1.29, 1.82) is 0 Å². The highest BCUT2D eigenvalue weighted by atomic mass is 35.5. The molecule has 2 N–H and O–H groups in total. The van der Waals surface area contributed by atoms with Crippen LogP contribution in [0.5, 0.6) is 0 Å². The van der Waals surface area contributed by atoms with E-state index in [2.05, 4.69) is 22.4 Å². The number of oxazole rings is 1. The molecule has 3 aromatic rings. The van der Waals surface area contributed by atoms with Gasteiger partial charge in [-0.2, -0.15) is 5.10 Å². The molecule has 0 saturated heterocycles. The Morgan fingerprint density at radius 1 is 1.41 bits per heavy atom. The zero-order chi connectivity index (χ0) is 15.7. The lowest BCUT2D eigenvalue weighted by atomic mass is 10.2. The summed E-state index contributed by atoms with van der Waals surface area (Å²) in [5.41, 5.74) is 4.47. The zero-order valence-electron chi connectivity index (χ0n) is 12.4. The van der Waals surface area contributed by atoms with Crippen molar-refractivity contribution in [1.82, 2.24) is 20.1 Å². The van der Waals surface area contributed by atoms with Gasteiger partial charge in [0, 0.05) is 31.4 Å². The van der Waals surface area contributed by atoms with Gasteiger partial charge in [-0.25, -0.2) is 4.79 Å². The van der Waals surface area contributed by atoms with Crippen molar-refractivity contribution in [3.8, 4) is 0 Å². The summed E-state index contributed by atoms with van der Waals surface area (Å²) < 4.78 is 6.68. The normalized spacial score (nSPS) is 11.4. The molecule has 7 heteroatoms. The third-order valence-corrected chi connectivity index (χ3v) is 4.06. The van der Waals surface area contributed by atoms with Crippen LogP contribution in [0.1, 0.15) is 23.7 Å². The fourth-order valence-electron chi connectivity index (χ4n) is 2.47. The predicted octanol–water partition coefficient (Wildman–Crippen LogP) is 2.36. The van der Waals surface area contributed by atoms with Crippen LogP contribution in [0.25, 0.3) is 11.1 Å². The first-order valence-electron chi connectivity index (χ1n) is 7.11. The number of H-pyrrole nitrogens is 1. The molecule has 1 aromatic carbocycles. The predicted molar refractivity (Wildman–Crippen MR) is 85.0 cm³/mol. The van der Waals surface area contributed by atoms with Crippen LogP contribution in [0, 0.1) is 0 Å². The van der Waals surface area contributed by atoms with Gasteiger partial charge in [0.1, 0.15) is 0 Å². The van der Waals surface area contributed by atoms with Gasteiger partial charge in [0.2, 0.25) is 0 Å². The molecule has 6 nitrogen and oxygen atoms in total. The van der Waals surface area contributed by atoms with E-state index in [4.69, 9.17) is 16.0 Å². The van der Waals surface area contributed by atoms with Gasteiger partial charge in [0.15, 0.2) is 10.7 Å². The number of aromatic amines is 1. The van der Waals surface area contributed by atoms with E-state index in [1.807, 2.05) is 18.2 Å². The van der Waals surface area contributed by atoms with Crippen molar-refractivity contribution in [3.05, 3.63) is 50.7 Å². The summed E-state index contributed by atoms with van der Waals surface area (Å²) in [5.74, 6) is -0.349. The second-order valence-electron chi connectivity index (χ2n) is 5.16. The van der Waals surface area contributed by atoms with Crippen LogP contribution in [0.2, 0.25) is 5.15 Å². The van der Waals surface area contributed by atoms with Crippen LogP contribution in [0.15, 0.2) is 27.4 Å². The Balaban J connectivity index is 1.71. The molecule has 0 radical (unpaired) electrons. The third-order valence-electron chi connectivity index (χ3n) is 3.74. The number of nitrogens with one attached hydrogen (secondary N) is 2. The van der Waals surface area contributed by atoms with E-state index in [0.29, 0.717) is 23.8 Å². The van der Waals surface area contributed by atoms with Crippen LogP contribution < -0.4 is 11.1 Å². The molecular weight excluding hydrogens is 304 g/mol. The molecule has 0 aliphatic heterocycles. The number of hydrogen-bond acceptors (Lipinski definition) is 4. The van der Waals surface area contributed by atoms with Crippen molar-refractivity contribution in [3.63, 3.8) is 0 Å². The molecule has 0 fully saturated rings. The molecule has 116 valence electrons. The van der Waals surface area contributed by atoms with Gasteiger partial charge in [0.25, 0.3) is 0 Å². The van der Waals surface area contributed by atoms with Crippen molar-refractivity contribution in [2.24, 2.45) is 7.05 Å². The number of halogens is 1. The van der Waals surface area contributed by atoms with Gasteiger partial charge in [-0.1, -0.05) is 24.6 Å². The fourth-order valence-corrected chi connectivity index (χ4v) is 2.69. The molecule has 0 saturated carbocycles. The number of nitrogens with zero attached hydrogens (tertiary/aromatic N) is 2. The molecule has 2 aromatic heterocycles. The largest absolute Gasteiger partial charge is 0.419 e. The molecule has 0 unspecified atom stereocenters. The first-order valence-corrected chi connectivity index (χ1v) is 7.48. The summed E-state index contributed by atoms with van der Waals surface area (Å²) in [6.45, 7) is 3.34. The minimum Gasteiger partial charge on any atom is -0.408 e. The first-order chi connectivity index (χ1) is 10.6. The monoisotopic (exact) mass is 320 g/mol. The van der Waals surface area contributed by atoms with E-state index in [1.54, 1.807) is 7.05 Å². The number of hydrogen-bond donors (Lipinski definition) is 2. The van der Waals surface area contributed by atoms with Crippen molar-refractivity contribution in [2.75, 3.05) is 0 Å². The SMILES string of the molecule is CCc1[nH]nc(Cl)c1CNCc1ccc2c(c1)oc(=O)n2C. The van der Waals surface area contributed by atoms with E-state index in [-0.39, 0.29) is 5.76 Å². The average Bonchev–Trinajstić information content (AvgIpc) is 3.00. The number of benzene rings is 1. The Hall–Kier alpha value is -2.05. The van der Waals surface area contributed by atoms with E-state index in [9.17, 15) is 4.79 Å². The van der Waals surface area contributed by atoms with E-state index in [0.717, 1.165) is 28.8 Å². The Labute approximate surface area is 132 Å². The second-order valence-corrected chi connectivity index (χ2v) is 5.52. The van der Waals surface area contributed by atoms with E-state index in [1.165, 1.54) is 4.57 Å². The minimum atomic E-state index is -0.349. The summed E-state index contributed by atoms with van der Waals surface area (Å²) in [5, 5.41) is 10.8. The molecular formula is C15H17ClN4O2. The Bertz CT molecular complexity index is 862. The lowest BCUT2D eigenvalue weighted by Crippen LogP contribution is -2.13. The van der Waals surface area contributed by atoms with Crippen molar-refractivity contribution in [2.45, 2.75) is 26.4 Å². The van der Waals surface area contributed by atoms with Gasteiger partial charge < -0.3 is 9.73 Å². The maximum Gasteiger partial charge on any atom is 0.419 e. The van der Waals surface area contributed by atoms with Crippen molar-refractivity contribution < 1.29 is 4.42 Å². The number of aryl methyl sites for hydroxylation is 2. The third kappa shape index (κ3) is 2.67. The number of aromatic nitrogens is 3. The molecule has 22 heavy (non-hydrogen) atoms. The molecule has 3 rings (SSSR count). The molecule has 2 heterocycles. The van der Waals surface area contributed by atoms with Crippen molar-refractivity contribution >= 4 is 22.7 Å². The second kappa shape index (κ2) is 5.98. The van der Waals surface area contributed by atoms with Crippen LogP contribution in [0.4, 0.5) is 0 Å². The lowest BCUT2D eigenvalue weighted by Gasteiger charge is -2.05. The first kappa shape index (κ1) is 14.9. The smallest absolute Gasteiger partial charge is 0.408 e. The highest BCUT2D eigenvalue weighted by Gasteiger charge is 2.10. The molecule has 0 amide bonds. The van der Waals surface area contributed by atoms with Crippen LogP contribution >= 0.6 is 11.6 Å². The summed E-state index contributed by atoms with van der Waals surface area (Å²) in [6.07, 6.45) is 0.859. The summed E-state index contributed by atoms with van der Waals surface area (Å²) in [6, 6.07) is 5.74. The van der Waals surface area contributed by atoms with Gasteiger partial charge in [0.05, 0.1) is 5.52 Å². The van der Waals surface area contributed by atoms with E-state index >= 15 is 0 Å². The van der Waals surface area contributed by atoms with Gasteiger partial charge in [-0.05, 0) is 24.1 Å². The number of fused-ring (bicyclic) bond motifs is 1. The summed E-state index contributed by atoms with van der Waals surface area (Å²) in [7, 11) is 1.69. The highest BCUT2D eigenvalue weighted by molar-refractivity contribution is 6.30. The fraction of sp³-hybridized carbons (Fsp3) is 0.333. The van der Waals surface area contributed by atoms with Gasteiger partial charge in [-0.15, -0.1) is 0 Å². The maximum atomic E-state index is 11.5. The Kier molecular flexibility index (Phi) is 4.04. The maximum absolute atomic E-state index is 11.5. The zero-order valence-corrected chi connectivity index (χ0v) is 13.2. The molecule has 0 bridgehead atoms. The molecule has 0 aliphatic rings.